The molecule has 15 heavy (non-hydrogen) atoms. The Morgan fingerprint density at radius 1 is 1.27 bits per heavy atom. The molecule has 0 radical (unpaired) electrons. The maximum atomic E-state index is 11.2. The van der Waals surface area contributed by atoms with E-state index >= 15 is 0 Å². The van der Waals surface area contributed by atoms with Crippen molar-refractivity contribution in [3.8, 4) is 5.75 Å². The van der Waals surface area contributed by atoms with E-state index in [1.807, 2.05) is 31.2 Å². The molecule has 3 nitrogen and oxygen atoms in total. The zero-order valence-electron chi connectivity index (χ0n) is 9.32. The number of hydrogen-bond acceptors (Lipinski definition) is 3. The van der Waals surface area contributed by atoms with Crippen LogP contribution in [0.1, 0.15) is 12.5 Å². The molecule has 0 amide bonds. The van der Waals surface area contributed by atoms with Gasteiger partial charge in [0.05, 0.1) is 20.1 Å². The fourth-order valence-electron chi connectivity index (χ4n) is 1.40. The van der Waals surface area contributed by atoms with Gasteiger partial charge in [0.25, 0.3) is 0 Å². The molecule has 0 heterocycles. The fourth-order valence-corrected chi connectivity index (χ4v) is 1.40. The second-order valence-electron chi connectivity index (χ2n) is 3.48. The van der Waals surface area contributed by atoms with Crippen LogP contribution in [0.25, 0.3) is 0 Å². The molecule has 0 N–H and O–H groups in total. The Morgan fingerprint density at radius 3 is 2.33 bits per heavy atom. The van der Waals surface area contributed by atoms with Crippen molar-refractivity contribution in [1.29, 1.82) is 0 Å². The molecule has 0 bridgehead atoms. The number of carbonyl (C=O) groups excluding carboxylic acids is 1. The summed E-state index contributed by atoms with van der Waals surface area (Å²) in [6, 6.07) is 7.69. The van der Waals surface area contributed by atoms with Crippen LogP contribution in [0.4, 0.5) is 0 Å². The van der Waals surface area contributed by atoms with E-state index in [-0.39, 0.29) is 11.9 Å². The number of esters is 1. The zero-order chi connectivity index (χ0) is 11.3. The van der Waals surface area contributed by atoms with E-state index in [9.17, 15) is 4.79 Å². The van der Waals surface area contributed by atoms with Crippen molar-refractivity contribution in [2.75, 3.05) is 14.2 Å². The van der Waals surface area contributed by atoms with Gasteiger partial charge in [0.15, 0.2) is 0 Å². The molecule has 3 heteroatoms. The van der Waals surface area contributed by atoms with Gasteiger partial charge in [-0.15, -0.1) is 0 Å². The Labute approximate surface area is 90.0 Å². The number of benzene rings is 1. The Kier molecular flexibility index (Phi) is 4.16. The van der Waals surface area contributed by atoms with E-state index in [4.69, 9.17) is 4.74 Å². The Morgan fingerprint density at radius 2 is 1.87 bits per heavy atom. The molecule has 0 saturated carbocycles. The molecule has 82 valence electrons. The molecule has 0 aliphatic carbocycles. The monoisotopic (exact) mass is 208 g/mol. The van der Waals surface area contributed by atoms with Crippen molar-refractivity contribution in [1.82, 2.24) is 0 Å². The normalized spacial score (nSPS) is 11.9. The number of hydrogen-bond donors (Lipinski definition) is 0. The lowest BCUT2D eigenvalue weighted by Crippen LogP contribution is -2.14. The summed E-state index contributed by atoms with van der Waals surface area (Å²) in [6.45, 7) is 1.86. The van der Waals surface area contributed by atoms with Gasteiger partial charge in [0.1, 0.15) is 5.75 Å². The van der Waals surface area contributed by atoms with Crippen LogP contribution < -0.4 is 4.74 Å². The summed E-state index contributed by atoms with van der Waals surface area (Å²) in [5.74, 6) is 0.540. The van der Waals surface area contributed by atoms with Gasteiger partial charge in [-0.05, 0) is 24.1 Å². The minimum atomic E-state index is -0.175. The average Bonchev–Trinajstić information content (AvgIpc) is 2.29. The molecular weight excluding hydrogens is 192 g/mol. The van der Waals surface area contributed by atoms with E-state index in [1.165, 1.54) is 7.11 Å². The highest BCUT2D eigenvalue weighted by molar-refractivity contribution is 5.72. The minimum Gasteiger partial charge on any atom is -0.497 e. The molecule has 0 aliphatic heterocycles. The van der Waals surface area contributed by atoms with Crippen LogP contribution >= 0.6 is 0 Å². The van der Waals surface area contributed by atoms with Gasteiger partial charge in [-0.3, -0.25) is 4.79 Å². The van der Waals surface area contributed by atoms with Gasteiger partial charge >= 0.3 is 5.97 Å². The third kappa shape index (κ3) is 3.27. The first-order valence-corrected chi connectivity index (χ1v) is 4.88. The molecule has 1 aromatic rings. The van der Waals surface area contributed by atoms with Crippen LogP contribution in [-0.4, -0.2) is 20.2 Å². The second-order valence-corrected chi connectivity index (χ2v) is 3.48. The predicted octanol–water partition coefficient (Wildman–Crippen LogP) is 2.05. The molecular formula is C12H16O3. The number of ether oxygens (including phenoxy) is 2. The Hall–Kier alpha value is -1.51. The largest absolute Gasteiger partial charge is 0.497 e. The van der Waals surface area contributed by atoms with E-state index in [2.05, 4.69) is 4.74 Å². The molecule has 0 fully saturated rings. The second kappa shape index (κ2) is 5.39. The first-order valence-electron chi connectivity index (χ1n) is 4.88. The first-order chi connectivity index (χ1) is 7.17. The lowest BCUT2D eigenvalue weighted by atomic mass is 10.0. The minimum absolute atomic E-state index is 0.108. The third-order valence-corrected chi connectivity index (χ3v) is 2.30. The van der Waals surface area contributed by atoms with Gasteiger partial charge in [0.2, 0.25) is 0 Å². The molecule has 0 aromatic heterocycles. The van der Waals surface area contributed by atoms with Crippen LogP contribution in [-0.2, 0) is 16.0 Å². The highest BCUT2D eigenvalue weighted by Gasteiger charge is 2.13. The maximum Gasteiger partial charge on any atom is 0.308 e. The molecule has 0 spiro atoms. The molecule has 0 saturated heterocycles. The van der Waals surface area contributed by atoms with Crippen molar-refractivity contribution < 1.29 is 14.3 Å². The summed E-state index contributed by atoms with van der Waals surface area (Å²) >= 11 is 0. The maximum absolute atomic E-state index is 11.2. The molecule has 1 rings (SSSR count). The number of carbonyl (C=O) groups is 1. The van der Waals surface area contributed by atoms with Crippen LogP contribution in [0, 0.1) is 5.92 Å². The number of rotatable bonds is 4. The van der Waals surface area contributed by atoms with Gasteiger partial charge < -0.3 is 9.47 Å². The van der Waals surface area contributed by atoms with Crippen molar-refractivity contribution in [3.63, 3.8) is 0 Å². The summed E-state index contributed by atoms with van der Waals surface area (Å²) in [6.07, 6.45) is 0.691. The smallest absolute Gasteiger partial charge is 0.308 e. The highest BCUT2D eigenvalue weighted by Crippen LogP contribution is 2.15. The van der Waals surface area contributed by atoms with Crippen molar-refractivity contribution in [3.05, 3.63) is 29.8 Å². The zero-order valence-corrected chi connectivity index (χ0v) is 9.32. The number of methoxy groups -OCH3 is 2. The summed E-state index contributed by atoms with van der Waals surface area (Å²) in [5.41, 5.74) is 1.11. The van der Waals surface area contributed by atoms with Gasteiger partial charge in [-0.25, -0.2) is 0 Å². The van der Waals surface area contributed by atoms with Crippen molar-refractivity contribution in [2.45, 2.75) is 13.3 Å². The summed E-state index contributed by atoms with van der Waals surface area (Å²) < 4.78 is 9.72. The predicted molar refractivity (Wildman–Crippen MR) is 57.9 cm³/mol. The Balaban J connectivity index is 2.60. The standard InChI is InChI=1S/C12H16O3/c1-9(12(13)15-3)8-10-4-6-11(14-2)7-5-10/h4-7,9H,8H2,1-3H3. The molecule has 1 atom stereocenters. The lowest BCUT2D eigenvalue weighted by Gasteiger charge is -2.09. The fraction of sp³-hybridized carbons (Fsp3) is 0.417. The van der Waals surface area contributed by atoms with E-state index < -0.39 is 0 Å². The van der Waals surface area contributed by atoms with E-state index in [1.54, 1.807) is 7.11 Å². The van der Waals surface area contributed by atoms with Crippen molar-refractivity contribution >= 4 is 5.97 Å². The van der Waals surface area contributed by atoms with Crippen molar-refractivity contribution in [2.24, 2.45) is 5.92 Å². The SMILES string of the molecule is COC(=O)C(C)Cc1ccc(OC)cc1. The summed E-state index contributed by atoms with van der Waals surface area (Å²) in [7, 11) is 3.04. The topological polar surface area (TPSA) is 35.5 Å². The molecule has 0 aliphatic rings. The van der Waals surface area contributed by atoms with Crippen LogP contribution in [0.3, 0.4) is 0 Å². The summed E-state index contributed by atoms with van der Waals surface area (Å²) in [5, 5.41) is 0. The average molecular weight is 208 g/mol. The highest BCUT2D eigenvalue weighted by atomic mass is 16.5. The quantitative estimate of drug-likeness (QED) is 0.710. The van der Waals surface area contributed by atoms with E-state index in [0.29, 0.717) is 6.42 Å². The van der Waals surface area contributed by atoms with Gasteiger partial charge in [0, 0.05) is 0 Å². The Bertz CT molecular complexity index is 316. The van der Waals surface area contributed by atoms with Crippen LogP contribution in [0.15, 0.2) is 24.3 Å². The summed E-state index contributed by atoms with van der Waals surface area (Å²) in [4.78, 5) is 11.2. The molecule has 1 aromatic carbocycles. The van der Waals surface area contributed by atoms with Gasteiger partial charge in [-0.2, -0.15) is 0 Å². The van der Waals surface area contributed by atoms with Gasteiger partial charge in [-0.1, -0.05) is 19.1 Å². The van der Waals surface area contributed by atoms with E-state index in [0.717, 1.165) is 11.3 Å². The first kappa shape index (κ1) is 11.6. The van der Waals surface area contributed by atoms with Crippen LogP contribution in [0.5, 0.6) is 5.75 Å². The van der Waals surface area contributed by atoms with Crippen LogP contribution in [0.2, 0.25) is 0 Å². The lowest BCUT2D eigenvalue weighted by molar-refractivity contribution is -0.144. The molecule has 1 unspecified atom stereocenters. The third-order valence-electron chi connectivity index (χ3n) is 2.30.